The number of nitrogens with one attached hydrogen (secondary N) is 1. The molecule has 2 heterocycles. The summed E-state index contributed by atoms with van der Waals surface area (Å²) >= 11 is 1.17. The average Bonchev–Trinajstić information content (AvgIpc) is 3.33. The van der Waals surface area contributed by atoms with Crippen LogP contribution in [0.4, 0.5) is 5.69 Å². The van der Waals surface area contributed by atoms with E-state index >= 15 is 0 Å². The molecule has 0 saturated carbocycles. The molecule has 8 nitrogen and oxygen atoms in total. The molecule has 3 rings (SSSR count). The first kappa shape index (κ1) is 23.1. The van der Waals surface area contributed by atoms with Crippen LogP contribution in [0.5, 0.6) is 0 Å². The predicted octanol–water partition coefficient (Wildman–Crippen LogP) is 2.92. The van der Waals surface area contributed by atoms with Crippen molar-refractivity contribution in [3.05, 3.63) is 47.3 Å². The molecule has 1 amide bonds. The van der Waals surface area contributed by atoms with E-state index in [4.69, 9.17) is 4.74 Å². The lowest BCUT2D eigenvalue weighted by Gasteiger charge is -2.29. The van der Waals surface area contributed by atoms with E-state index in [0.29, 0.717) is 34.7 Å². The Morgan fingerprint density at radius 3 is 2.39 bits per heavy atom. The average molecular weight is 465 g/mol. The summed E-state index contributed by atoms with van der Waals surface area (Å²) in [5.41, 5.74) is 0.962. The molecule has 1 aromatic carbocycles. The van der Waals surface area contributed by atoms with Crippen LogP contribution in [0, 0.1) is 5.92 Å². The van der Waals surface area contributed by atoms with Gasteiger partial charge >= 0.3 is 5.97 Å². The van der Waals surface area contributed by atoms with Crippen LogP contribution in [0.25, 0.3) is 0 Å². The first-order valence-corrected chi connectivity index (χ1v) is 12.3. The summed E-state index contributed by atoms with van der Waals surface area (Å²) in [4.78, 5) is 36.0. The fourth-order valence-corrected chi connectivity index (χ4v) is 5.81. The highest BCUT2D eigenvalue weighted by Gasteiger charge is 2.33. The summed E-state index contributed by atoms with van der Waals surface area (Å²) < 4.78 is 32.0. The van der Waals surface area contributed by atoms with Gasteiger partial charge in [-0.25, -0.2) is 8.42 Å². The summed E-state index contributed by atoms with van der Waals surface area (Å²) in [5, 5.41) is 4.40. The largest absolute Gasteiger partial charge is 0.457 e. The number of carbonyl (C=O) groups excluding carboxylic acids is 3. The number of ketones is 1. The number of amides is 1. The van der Waals surface area contributed by atoms with Crippen molar-refractivity contribution >= 4 is 44.7 Å². The molecular formula is C21H24N2O6S2. The molecule has 0 aliphatic carbocycles. The molecule has 0 unspecified atom stereocenters. The first-order chi connectivity index (χ1) is 14.8. The number of anilines is 1. The van der Waals surface area contributed by atoms with Gasteiger partial charge in [0.25, 0.3) is 10.0 Å². The van der Waals surface area contributed by atoms with Crippen LogP contribution in [-0.4, -0.2) is 50.1 Å². The molecule has 166 valence electrons. The van der Waals surface area contributed by atoms with E-state index in [1.807, 2.05) is 0 Å². The second kappa shape index (κ2) is 10.2. The Hall–Kier alpha value is -2.56. The maximum absolute atomic E-state index is 12.5. The molecule has 1 aromatic heterocycles. The second-order valence-electron chi connectivity index (χ2n) is 7.12. The summed E-state index contributed by atoms with van der Waals surface area (Å²) in [7, 11) is -3.52. The van der Waals surface area contributed by atoms with Gasteiger partial charge in [-0.3, -0.25) is 14.4 Å². The predicted molar refractivity (Wildman–Crippen MR) is 116 cm³/mol. The van der Waals surface area contributed by atoms with Crippen LogP contribution in [0.2, 0.25) is 0 Å². The van der Waals surface area contributed by atoms with Crippen LogP contribution >= 0.6 is 11.3 Å². The zero-order valence-corrected chi connectivity index (χ0v) is 18.7. The van der Waals surface area contributed by atoms with Crippen LogP contribution in [0.15, 0.2) is 46.0 Å². The van der Waals surface area contributed by atoms with Crippen molar-refractivity contribution in [2.45, 2.75) is 30.4 Å². The second-order valence-corrected chi connectivity index (χ2v) is 10.2. The number of hydrogen-bond donors (Lipinski definition) is 1. The van der Waals surface area contributed by atoms with Gasteiger partial charge in [0.05, 0.1) is 5.92 Å². The number of hydrogen-bond acceptors (Lipinski definition) is 7. The fraction of sp³-hybridized carbons (Fsp3) is 0.381. The van der Waals surface area contributed by atoms with Crippen molar-refractivity contribution in [1.29, 1.82) is 0 Å². The molecule has 0 atom stereocenters. The van der Waals surface area contributed by atoms with Gasteiger partial charge in [0.15, 0.2) is 12.4 Å². The highest BCUT2D eigenvalue weighted by molar-refractivity contribution is 7.91. The normalized spacial score (nSPS) is 15.4. The quantitative estimate of drug-likeness (QED) is 0.475. The van der Waals surface area contributed by atoms with Gasteiger partial charge in [-0.05, 0) is 48.6 Å². The lowest BCUT2D eigenvalue weighted by atomic mass is 9.98. The van der Waals surface area contributed by atoms with E-state index in [1.54, 1.807) is 48.7 Å². The molecule has 31 heavy (non-hydrogen) atoms. The molecule has 1 N–H and O–H groups in total. The number of nitrogens with zero attached hydrogens (tertiary/aromatic N) is 1. The van der Waals surface area contributed by atoms with Gasteiger partial charge in [-0.1, -0.05) is 13.0 Å². The Labute approximate surface area is 185 Å². The summed E-state index contributed by atoms with van der Waals surface area (Å²) in [6.07, 6.45) is 1.06. The smallest absolute Gasteiger partial charge is 0.309 e. The van der Waals surface area contributed by atoms with Crippen LogP contribution < -0.4 is 5.32 Å². The fourth-order valence-electron chi connectivity index (χ4n) is 3.20. The maximum Gasteiger partial charge on any atom is 0.309 e. The molecule has 1 saturated heterocycles. The van der Waals surface area contributed by atoms with Crippen molar-refractivity contribution < 1.29 is 27.5 Å². The molecule has 1 fully saturated rings. The SMILES string of the molecule is CCC(=O)Nc1ccc(C(=O)COC(=O)C2CCN(S(=O)(=O)c3cccs3)CC2)cc1. The number of esters is 1. The number of sulfonamides is 1. The lowest BCUT2D eigenvalue weighted by molar-refractivity contribution is -0.148. The maximum atomic E-state index is 12.5. The minimum absolute atomic E-state index is 0.123. The summed E-state index contributed by atoms with van der Waals surface area (Å²) in [5.74, 6) is -1.40. The number of thiophene rings is 1. The first-order valence-electron chi connectivity index (χ1n) is 9.94. The highest BCUT2D eigenvalue weighted by Crippen LogP contribution is 2.26. The third kappa shape index (κ3) is 5.78. The van der Waals surface area contributed by atoms with Gasteiger partial charge in [0, 0.05) is 30.8 Å². The number of Topliss-reactive ketones (excluding diaryl/α,β-unsaturated/α-hetero) is 1. The van der Waals surface area contributed by atoms with Crippen LogP contribution in [0.1, 0.15) is 36.5 Å². The number of piperidine rings is 1. The monoisotopic (exact) mass is 464 g/mol. The van der Waals surface area contributed by atoms with E-state index in [2.05, 4.69) is 5.32 Å². The third-order valence-electron chi connectivity index (χ3n) is 5.03. The van der Waals surface area contributed by atoms with E-state index in [9.17, 15) is 22.8 Å². The summed E-state index contributed by atoms with van der Waals surface area (Å²) in [6, 6.07) is 9.62. The molecule has 2 aromatic rings. The van der Waals surface area contributed by atoms with Crippen molar-refractivity contribution in [1.82, 2.24) is 4.31 Å². The van der Waals surface area contributed by atoms with Gasteiger partial charge < -0.3 is 10.1 Å². The van der Waals surface area contributed by atoms with E-state index in [0.717, 1.165) is 0 Å². The zero-order chi connectivity index (χ0) is 22.4. The Kier molecular flexibility index (Phi) is 7.58. The number of carbonyl (C=O) groups is 3. The summed E-state index contributed by atoms with van der Waals surface area (Å²) in [6.45, 7) is 1.83. The van der Waals surface area contributed by atoms with Crippen molar-refractivity contribution in [2.75, 3.05) is 25.0 Å². The molecular weight excluding hydrogens is 440 g/mol. The van der Waals surface area contributed by atoms with Crippen molar-refractivity contribution in [2.24, 2.45) is 5.92 Å². The minimum Gasteiger partial charge on any atom is -0.457 e. The highest BCUT2D eigenvalue weighted by atomic mass is 32.2. The van der Waals surface area contributed by atoms with E-state index in [-0.39, 0.29) is 31.4 Å². The van der Waals surface area contributed by atoms with Gasteiger partial charge in [0.1, 0.15) is 4.21 Å². The van der Waals surface area contributed by atoms with E-state index in [1.165, 1.54) is 15.6 Å². The topological polar surface area (TPSA) is 110 Å². The molecule has 10 heteroatoms. The molecule has 1 aliphatic heterocycles. The zero-order valence-electron chi connectivity index (χ0n) is 17.1. The van der Waals surface area contributed by atoms with Gasteiger partial charge in [-0.2, -0.15) is 4.31 Å². The van der Waals surface area contributed by atoms with Crippen LogP contribution in [-0.2, 0) is 24.3 Å². The molecule has 0 radical (unpaired) electrons. The molecule has 1 aliphatic rings. The standard InChI is InChI=1S/C21H24N2O6S2/c1-2-19(25)22-17-7-5-15(6-8-17)18(24)14-29-21(26)16-9-11-23(12-10-16)31(27,28)20-4-3-13-30-20/h3-8,13,16H,2,9-12,14H2,1H3,(H,22,25). The van der Waals surface area contributed by atoms with Crippen molar-refractivity contribution in [3.8, 4) is 0 Å². The number of benzene rings is 1. The molecule has 0 bridgehead atoms. The minimum atomic E-state index is -3.52. The Balaban J connectivity index is 1.47. The number of ether oxygens (including phenoxy) is 1. The van der Waals surface area contributed by atoms with E-state index < -0.39 is 21.9 Å². The Morgan fingerprint density at radius 2 is 1.81 bits per heavy atom. The van der Waals surface area contributed by atoms with Crippen LogP contribution in [0.3, 0.4) is 0 Å². The van der Waals surface area contributed by atoms with Gasteiger partial charge in [-0.15, -0.1) is 11.3 Å². The Bertz CT molecular complexity index is 1020. The third-order valence-corrected chi connectivity index (χ3v) is 8.31. The van der Waals surface area contributed by atoms with Gasteiger partial charge in [0.2, 0.25) is 5.91 Å². The molecule has 0 spiro atoms. The lowest BCUT2D eigenvalue weighted by Crippen LogP contribution is -2.40. The van der Waals surface area contributed by atoms with Crippen molar-refractivity contribution in [3.63, 3.8) is 0 Å². The Morgan fingerprint density at radius 1 is 1.13 bits per heavy atom. The number of rotatable bonds is 8.